The first-order valence-corrected chi connectivity index (χ1v) is 19.9. The van der Waals surface area contributed by atoms with Crippen LogP contribution >= 0.6 is 0 Å². The first-order chi connectivity index (χ1) is 23.2. The molecule has 9 atom stereocenters. The summed E-state index contributed by atoms with van der Waals surface area (Å²) in [6.45, 7) is 20.7. The number of aromatic amines is 1. The molecule has 0 unspecified atom stereocenters. The number of carbonyl (C=O) groups is 2. The highest BCUT2D eigenvalue weighted by atomic mass is 16.2. The first-order valence-electron chi connectivity index (χ1n) is 19.9. The van der Waals surface area contributed by atoms with Crippen LogP contribution < -0.4 is 0 Å². The van der Waals surface area contributed by atoms with Gasteiger partial charge in [-0.15, -0.1) is 0 Å². The van der Waals surface area contributed by atoms with Crippen molar-refractivity contribution < 1.29 is 9.59 Å². The number of aromatic nitrogens is 2. The number of benzene rings is 1. The summed E-state index contributed by atoms with van der Waals surface area (Å²) in [5.74, 6) is 3.98. The number of hydrogen-bond donors (Lipinski definition) is 1. The minimum atomic E-state index is -0.704. The van der Waals surface area contributed by atoms with E-state index in [1.165, 1.54) is 37.7 Å². The molecule has 264 valence electrons. The molecular formula is C44H61N3O2. The molecule has 0 spiro atoms. The fraction of sp³-hybridized carbons (Fsp3) is 0.705. The monoisotopic (exact) mass is 663 g/mol. The van der Waals surface area contributed by atoms with Gasteiger partial charge in [-0.05, 0) is 132 Å². The third-order valence-electron chi connectivity index (χ3n) is 16.9. The average molecular weight is 664 g/mol. The SMILES string of the molecule is CC(C)C1=C2[C@H]3CC[C@@H]4[C@@]5(C)CC[C@H](C)C(C)(C)[C@@H]5CC[C@@]4(C)[C@]3(C)CC[C@@]2(C(=O)N2CCC[C@H]2c2ncc(-c3ccccc3)[nH]2)CC1=O. The minimum absolute atomic E-state index is 0.0763. The highest BCUT2D eigenvalue weighted by Crippen LogP contribution is 2.77. The van der Waals surface area contributed by atoms with Crippen molar-refractivity contribution in [1.29, 1.82) is 0 Å². The molecule has 49 heavy (non-hydrogen) atoms. The summed E-state index contributed by atoms with van der Waals surface area (Å²) in [4.78, 5) is 40.2. The summed E-state index contributed by atoms with van der Waals surface area (Å²) in [6.07, 6.45) is 13.6. The standard InChI is InChI=1S/C44H61N3O2/c1-27(2)36-33(48)25-44(39(49)47-24-12-15-32(47)38-45-26-31(46-38)29-13-10-9-11-14-29)23-22-42(7)30(37(36)44)16-17-35-41(6)20-18-28(3)40(4,5)34(41)19-21-43(35,42)8/h9-11,13-14,26-28,30,32,34-35H,12,15-25H2,1-8H3,(H,45,46)/t28-,30+,32-,34-,35+,41-,42+,43+,44+/m0/s1. The summed E-state index contributed by atoms with van der Waals surface area (Å²) in [5, 5.41) is 0. The Morgan fingerprint density at radius 1 is 0.898 bits per heavy atom. The molecule has 5 aliphatic carbocycles. The van der Waals surface area contributed by atoms with Gasteiger partial charge in [0, 0.05) is 13.0 Å². The fourth-order valence-corrected chi connectivity index (χ4v) is 13.9. The zero-order chi connectivity index (χ0) is 34.7. The molecule has 1 aromatic carbocycles. The van der Waals surface area contributed by atoms with Crippen LogP contribution in [0.2, 0.25) is 0 Å². The molecule has 1 N–H and O–H groups in total. The van der Waals surface area contributed by atoms with Crippen LogP contribution in [0.15, 0.2) is 47.7 Å². The van der Waals surface area contributed by atoms with E-state index in [-0.39, 0.29) is 34.5 Å². The highest BCUT2D eigenvalue weighted by molar-refractivity contribution is 6.07. The number of hydrogen-bond acceptors (Lipinski definition) is 3. The molecule has 1 amide bonds. The Kier molecular flexibility index (Phi) is 7.61. The van der Waals surface area contributed by atoms with Crippen LogP contribution in [0.5, 0.6) is 0 Å². The Labute approximate surface area is 295 Å². The van der Waals surface area contributed by atoms with E-state index in [4.69, 9.17) is 4.98 Å². The molecule has 2 aromatic rings. The summed E-state index contributed by atoms with van der Waals surface area (Å²) < 4.78 is 0. The molecule has 5 nitrogen and oxygen atoms in total. The van der Waals surface area contributed by atoms with Crippen molar-refractivity contribution >= 4 is 11.7 Å². The third-order valence-corrected chi connectivity index (χ3v) is 16.9. The number of likely N-dealkylation sites (tertiary alicyclic amines) is 1. The van der Waals surface area contributed by atoms with E-state index in [0.717, 1.165) is 73.1 Å². The van der Waals surface area contributed by atoms with Gasteiger partial charge >= 0.3 is 0 Å². The van der Waals surface area contributed by atoms with Crippen molar-refractivity contribution in [3.05, 3.63) is 53.5 Å². The molecular weight excluding hydrogens is 603 g/mol. The van der Waals surface area contributed by atoms with Gasteiger partial charge in [0.1, 0.15) is 5.82 Å². The Hall–Kier alpha value is -2.69. The van der Waals surface area contributed by atoms with E-state index in [1.807, 2.05) is 24.4 Å². The zero-order valence-corrected chi connectivity index (χ0v) is 31.6. The Bertz CT molecular complexity index is 1690. The number of fused-ring (bicyclic) bond motifs is 7. The highest BCUT2D eigenvalue weighted by Gasteiger charge is 2.71. The lowest BCUT2D eigenvalue weighted by atomic mass is 9.32. The molecule has 6 aliphatic rings. The quantitative estimate of drug-likeness (QED) is 0.354. The van der Waals surface area contributed by atoms with Gasteiger partial charge < -0.3 is 9.88 Å². The number of rotatable bonds is 4. The molecule has 0 bridgehead atoms. The van der Waals surface area contributed by atoms with Gasteiger partial charge in [-0.25, -0.2) is 4.98 Å². The number of amides is 1. The number of ketones is 1. The molecule has 1 saturated heterocycles. The van der Waals surface area contributed by atoms with E-state index < -0.39 is 5.41 Å². The molecule has 5 heteroatoms. The van der Waals surface area contributed by atoms with E-state index in [1.54, 1.807) is 0 Å². The topological polar surface area (TPSA) is 66.1 Å². The summed E-state index contributed by atoms with van der Waals surface area (Å²) in [5.41, 5.74) is 4.69. The van der Waals surface area contributed by atoms with Gasteiger partial charge in [0.15, 0.2) is 5.78 Å². The maximum absolute atomic E-state index is 15.4. The Morgan fingerprint density at radius 3 is 2.39 bits per heavy atom. The summed E-state index contributed by atoms with van der Waals surface area (Å²) in [7, 11) is 0. The van der Waals surface area contributed by atoms with Crippen LogP contribution in [0, 0.1) is 56.7 Å². The Balaban J connectivity index is 1.16. The lowest BCUT2D eigenvalue weighted by molar-refractivity contribution is -0.220. The second-order valence-corrected chi connectivity index (χ2v) is 19.2. The first kappa shape index (κ1) is 33.5. The maximum Gasteiger partial charge on any atom is 0.234 e. The molecule has 5 fully saturated rings. The largest absolute Gasteiger partial charge is 0.340 e. The van der Waals surface area contributed by atoms with Gasteiger partial charge in [-0.2, -0.15) is 0 Å². The second-order valence-electron chi connectivity index (χ2n) is 19.2. The van der Waals surface area contributed by atoms with Crippen LogP contribution in [0.4, 0.5) is 0 Å². The summed E-state index contributed by atoms with van der Waals surface area (Å²) in [6, 6.07) is 10.2. The van der Waals surface area contributed by atoms with Crippen LogP contribution in [0.3, 0.4) is 0 Å². The summed E-state index contributed by atoms with van der Waals surface area (Å²) >= 11 is 0. The van der Waals surface area contributed by atoms with E-state index in [2.05, 4.69) is 77.4 Å². The van der Waals surface area contributed by atoms with Gasteiger partial charge in [0.05, 0.1) is 23.3 Å². The molecule has 8 rings (SSSR count). The molecule has 1 aromatic heterocycles. The fourth-order valence-electron chi connectivity index (χ4n) is 13.9. The zero-order valence-electron chi connectivity index (χ0n) is 31.6. The second kappa shape index (κ2) is 11.2. The van der Waals surface area contributed by atoms with Gasteiger partial charge in [-0.3, -0.25) is 9.59 Å². The van der Waals surface area contributed by atoms with Crippen LogP contribution in [-0.4, -0.2) is 33.1 Å². The number of Topliss-reactive ketones (excluding diaryl/α,β-unsaturated/α-hetero) is 1. The number of imidazole rings is 1. The number of carbonyl (C=O) groups excluding carboxylic acids is 2. The van der Waals surface area contributed by atoms with Crippen LogP contribution in [0.25, 0.3) is 11.3 Å². The van der Waals surface area contributed by atoms with Crippen molar-refractivity contribution in [3.8, 4) is 11.3 Å². The molecule has 2 heterocycles. The molecule has 4 saturated carbocycles. The lowest BCUT2D eigenvalue weighted by Gasteiger charge is -2.72. The van der Waals surface area contributed by atoms with Gasteiger partial charge in [0.2, 0.25) is 5.91 Å². The normalized spacial score (nSPS) is 41.4. The average Bonchev–Trinajstić information content (AvgIpc) is 3.81. The number of nitrogens with zero attached hydrogens (tertiary/aromatic N) is 2. The number of nitrogens with one attached hydrogen (secondary N) is 1. The predicted octanol–water partition coefficient (Wildman–Crippen LogP) is 10.4. The van der Waals surface area contributed by atoms with Crippen molar-refractivity contribution in [1.82, 2.24) is 14.9 Å². The number of H-pyrrole nitrogens is 1. The minimum Gasteiger partial charge on any atom is -0.340 e. The van der Waals surface area contributed by atoms with Gasteiger partial charge in [-0.1, -0.05) is 85.7 Å². The van der Waals surface area contributed by atoms with Crippen molar-refractivity contribution in [2.45, 2.75) is 132 Å². The Morgan fingerprint density at radius 2 is 1.65 bits per heavy atom. The predicted molar refractivity (Wildman–Crippen MR) is 196 cm³/mol. The number of allylic oxidation sites excluding steroid dienone is 1. The van der Waals surface area contributed by atoms with Crippen LogP contribution in [0.1, 0.15) is 138 Å². The molecule has 1 aliphatic heterocycles. The van der Waals surface area contributed by atoms with Gasteiger partial charge in [0.25, 0.3) is 0 Å². The smallest absolute Gasteiger partial charge is 0.234 e. The van der Waals surface area contributed by atoms with Crippen molar-refractivity contribution in [2.75, 3.05) is 6.54 Å². The van der Waals surface area contributed by atoms with E-state index in [0.29, 0.717) is 29.1 Å². The van der Waals surface area contributed by atoms with Crippen LogP contribution in [-0.2, 0) is 9.59 Å². The molecule has 0 radical (unpaired) electrons. The van der Waals surface area contributed by atoms with E-state index >= 15 is 4.79 Å². The maximum atomic E-state index is 15.4. The third kappa shape index (κ3) is 4.44. The van der Waals surface area contributed by atoms with E-state index in [9.17, 15) is 4.79 Å². The van der Waals surface area contributed by atoms with Crippen molar-refractivity contribution in [2.24, 2.45) is 56.7 Å². The lowest BCUT2D eigenvalue weighted by Crippen LogP contribution is -2.65. The van der Waals surface area contributed by atoms with Crippen molar-refractivity contribution in [3.63, 3.8) is 0 Å².